The van der Waals surface area contributed by atoms with Crippen molar-refractivity contribution in [3.05, 3.63) is 0 Å². The predicted octanol–water partition coefficient (Wildman–Crippen LogP) is 0.969. The van der Waals surface area contributed by atoms with E-state index in [1.54, 1.807) is 0 Å². The Labute approximate surface area is 77.7 Å². The van der Waals surface area contributed by atoms with Crippen molar-refractivity contribution in [2.24, 2.45) is 0 Å². The normalized spacial score (nSPS) is 17.0. The van der Waals surface area contributed by atoms with Crippen molar-refractivity contribution in [1.82, 2.24) is 0 Å². The van der Waals surface area contributed by atoms with E-state index >= 15 is 0 Å². The second-order valence-electron chi connectivity index (χ2n) is 1.50. The van der Waals surface area contributed by atoms with E-state index in [4.69, 9.17) is 49.7 Å². The highest BCUT2D eigenvalue weighted by atomic mass is 35.6. The number of rotatable bonds is 1. The molecule has 0 aromatic rings. The van der Waals surface area contributed by atoms with E-state index in [0.29, 0.717) is 0 Å². The third kappa shape index (κ3) is 3.69. The molecule has 0 aliphatic rings. The second-order valence-corrected chi connectivity index (χ2v) is 7.15. The fourth-order valence-electron chi connectivity index (χ4n) is 0.191. The van der Waals surface area contributed by atoms with Gasteiger partial charge in [0.25, 0.3) is 0 Å². The Morgan fingerprint density at radius 1 is 1.30 bits per heavy atom. The van der Waals surface area contributed by atoms with Crippen molar-refractivity contribution in [3.8, 4) is 0 Å². The zero-order chi connectivity index (χ0) is 8.58. The van der Waals surface area contributed by atoms with Crippen LogP contribution in [0.25, 0.3) is 0 Å². The van der Waals surface area contributed by atoms with E-state index in [0.717, 1.165) is 0 Å². The van der Waals surface area contributed by atoms with Crippen molar-refractivity contribution >= 4 is 53.1 Å². The van der Waals surface area contributed by atoms with Crippen LogP contribution in [-0.4, -0.2) is 24.5 Å². The van der Waals surface area contributed by atoms with Crippen molar-refractivity contribution in [2.75, 3.05) is 0 Å². The van der Waals surface area contributed by atoms with E-state index in [9.17, 15) is 0 Å². The lowest BCUT2D eigenvalue weighted by molar-refractivity contribution is 0.230. The van der Waals surface area contributed by atoms with Gasteiger partial charge in [-0.1, -0.05) is 34.8 Å². The Morgan fingerprint density at radius 3 is 1.60 bits per heavy atom. The van der Waals surface area contributed by atoms with Crippen LogP contribution in [0.1, 0.15) is 0 Å². The number of halogens is 3. The smallest absolute Gasteiger partial charge is 0.225 e. The lowest BCUT2D eigenvalue weighted by atomic mass is 10.8. The van der Waals surface area contributed by atoms with Crippen LogP contribution >= 0.6 is 41.3 Å². The summed E-state index contributed by atoms with van der Waals surface area (Å²) in [5.74, 6) is -1.90. The first-order valence-electron chi connectivity index (χ1n) is 1.95. The van der Waals surface area contributed by atoms with Crippen LogP contribution in [0.15, 0.2) is 0 Å². The maximum Gasteiger partial charge on any atom is 0.225 e. The maximum absolute atomic E-state index is 8.77. The molecule has 0 aliphatic carbocycles. The lowest BCUT2D eigenvalue weighted by Crippen LogP contribution is -2.24. The molecule has 0 heterocycles. The molecule has 0 bridgehead atoms. The molecule has 0 unspecified atom stereocenters. The highest BCUT2D eigenvalue weighted by Crippen LogP contribution is 2.50. The van der Waals surface area contributed by atoms with E-state index in [2.05, 4.69) is 11.8 Å². The molecule has 0 amide bonds. The molecule has 0 saturated heterocycles. The summed E-state index contributed by atoms with van der Waals surface area (Å²) in [4.78, 5) is 17.2. The number of hydrogen-bond donors (Lipinski definition) is 3. The first-order chi connectivity index (χ1) is 4.15. The standard InChI is InChI=1S/C2H4Cl3O3PS/c3-2(4,5)1(6)9(7,8)10/h1,6H,(H2,7,8,10)/t1-/m0/s1. The van der Waals surface area contributed by atoms with Crippen LogP contribution in [0.4, 0.5) is 0 Å². The Balaban J connectivity index is 4.39. The molecule has 0 aliphatic heterocycles. The van der Waals surface area contributed by atoms with E-state index < -0.39 is 16.1 Å². The average molecular weight is 245 g/mol. The largest absolute Gasteiger partial charge is 0.379 e. The van der Waals surface area contributed by atoms with Gasteiger partial charge in [-0.25, -0.2) is 0 Å². The molecule has 0 spiro atoms. The predicted molar refractivity (Wildman–Crippen MR) is 45.0 cm³/mol. The van der Waals surface area contributed by atoms with Crippen molar-refractivity contribution in [3.63, 3.8) is 0 Å². The third-order valence-corrected chi connectivity index (χ3v) is 3.31. The number of aliphatic hydroxyl groups is 1. The fourth-order valence-corrected chi connectivity index (χ4v) is 2.79. The SMILES string of the molecule is O[C@H](C(Cl)(Cl)Cl)P(O)(O)=S. The molecule has 0 aromatic heterocycles. The van der Waals surface area contributed by atoms with Gasteiger partial charge in [0.2, 0.25) is 10.3 Å². The van der Waals surface area contributed by atoms with E-state index in [-0.39, 0.29) is 0 Å². The molecule has 3 nitrogen and oxygen atoms in total. The van der Waals surface area contributed by atoms with Gasteiger partial charge in [0, 0.05) is 0 Å². The summed E-state index contributed by atoms with van der Waals surface area (Å²) < 4.78 is -2.14. The van der Waals surface area contributed by atoms with Crippen molar-refractivity contribution < 1.29 is 14.9 Å². The Bertz CT molecular complexity index is 162. The highest BCUT2D eigenvalue weighted by molar-refractivity contribution is 8.09. The first-order valence-corrected chi connectivity index (χ1v) is 5.87. The minimum Gasteiger partial charge on any atom is -0.379 e. The molecule has 8 heteroatoms. The quantitative estimate of drug-likeness (QED) is 0.476. The third-order valence-electron chi connectivity index (χ3n) is 0.611. The topological polar surface area (TPSA) is 60.7 Å². The van der Waals surface area contributed by atoms with E-state index in [1.807, 2.05) is 0 Å². The van der Waals surface area contributed by atoms with Crippen molar-refractivity contribution in [2.45, 2.75) is 9.64 Å². The summed E-state index contributed by atoms with van der Waals surface area (Å²) >= 11 is 19.3. The molecule has 1 atom stereocenters. The molecule has 3 N–H and O–H groups in total. The Morgan fingerprint density at radius 2 is 1.60 bits per heavy atom. The minimum atomic E-state index is -3.89. The molecule has 0 fully saturated rings. The Kier molecular flexibility index (Phi) is 3.89. The zero-order valence-corrected chi connectivity index (χ0v) is 8.39. The number of hydrogen-bond acceptors (Lipinski definition) is 2. The molecule has 0 aromatic carbocycles. The molecule has 10 heavy (non-hydrogen) atoms. The van der Waals surface area contributed by atoms with Crippen molar-refractivity contribution in [1.29, 1.82) is 0 Å². The molecule has 62 valence electrons. The summed E-state index contributed by atoms with van der Waals surface area (Å²) in [7, 11) is 0. The summed E-state index contributed by atoms with van der Waals surface area (Å²) in [6.45, 7) is -3.89. The van der Waals surface area contributed by atoms with Gasteiger partial charge >= 0.3 is 0 Å². The van der Waals surface area contributed by atoms with Gasteiger partial charge in [-0.05, 0) is 11.8 Å². The molecule has 0 radical (unpaired) electrons. The van der Waals surface area contributed by atoms with Gasteiger partial charge < -0.3 is 14.9 Å². The van der Waals surface area contributed by atoms with Crippen LogP contribution < -0.4 is 0 Å². The summed E-state index contributed by atoms with van der Waals surface area (Å²) in [5.41, 5.74) is 0. The summed E-state index contributed by atoms with van der Waals surface area (Å²) in [6.07, 6.45) is 0. The minimum absolute atomic E-state index is 1.90. The van der Waals surface area contributed by atoms with Crippen LogP contribution in [0.5, 0.6) is 0 Å². The summed E-state index contributed by atoms with van der Waals surface area (Å²) in [5, 5.41) is 8.77. The number of aliphatic hydroxyl groups excluding tert-OH is 1. The van der Waals surface area contributed by atoms with Gasteiger partial charge in [0.05, 0.1) is 0 Å². The summed E-state index contributed by atoms with van der Waals surface area (Å²) in [6, 6.07) is 0. The first kappa shape index (κ1) is 11.4. The maximum atomic E-state index is 8.77. The van der Waals surface area contributed by atoms with Crippen LogP contribution in [0.2, 0.25) is 0 Å². The number of alkyl halides is 3. The fraction of sp³-hybridized carbons (Fsp3) is 1.00. The molecule has 0 rings (SSSR count). The van der Waals surface area contributed by atoms with Crippen LogP contribution in [-0.2, 0) is 11.8 Å². The van der Waals surface area contributed by atoms with Gasteiger partial charge in [-0.3, -0.25) is 0 Å². The lowest BCUT2D eigenvalue weighted by Gasteiger charge is -2.21. The van der Waals surface area contributed by atoms with Gasteiger partial charge in [-0.15, -0.1) is 0 Å². The van der Waals surface area contributed by atoms with Gasteiger partial charge in [0.1, 0.15) is 0 Å². The monoisotopic (exact) mass is 244 g/mol. The Hall–Kier alpha value is 1.40. The van der Waals surface area contributed by atoms with Gasteiger partial charge in [0.15, 0.2) is 5.85 Å². The zero-order valence-electron chi connectivity index (χ0n) is 4.41. The molecule has 0 saturated carbocycles. The second kappa shape index (κ2) is 3.42. The molecular formula is C2H4Cl3O3PS. The van der Waals surface area contributed by atoms with Crippen LogP contribution in [0.3, 0.4) is 0 Å². The van der Waals surface area contributed by atoms with Crippen LogP contribution in [0, 0.1) is 0 Å². The van der Waals surface area contributed by atoms with E-state index in [1.165, 1.54) is 0 Å². The molecular weight excluding hydrogens is 241 g/mol. The average Bonchev–Trinajstić information content (AvgIpc) is 1.59. The van der Waals surface area contributed by atoms with Gasteiger partial charge in [-0.2, -0.15) is 0 Å². The highest BCUT2D eigenvalue weighted by Gasteiger charge is 2.40.